The van der Waals surface area contributed by atoms with Crippen molar-refractivity contribution in [3.05, 3.63) is 12.4 Å². The molecule has 0 spiro atoms. The highest BCUT2D eigenvalue weighted by Gasteiger charge is 2.22. The molecule has 0 amide bonds. The molecule has 19 heavy (non-hydrogen) atoms. The van der Waals surface area contributed by atoms with E-state index in [9.17, 15) is 8.42 Å². The second-order valence-electron chi connectivity index (χ2n) is 4.86. The fourth-order valence-corrected chi connectivity index (χ4v) is 2.89. The van der Waals surface area contributed by atoms with Crippen molar-refractivity contribution in [2.75, 3.05) is 12.8 Å². The summed E-state index contributed by atoms with van der Waals surface area (Å²) in [7, 11) is -3.18. The lowest BCUT2D eigenvalue weighted by molar-refractivity contribution is 0.304. The summed E-state index contributed by atoms with van der Waals surface area (Å²) < 4.78 is 24.8. The van der Waals surface area contributed by atoms with Gasteiger partial charge in [0.25, 0.3) is 0 Å². The number of aromatic nitrogens is 2. The Bertz CT molecular complexity index is 476. The minimum absolute atomic E-state index is 0.190. The largest absolute Gasteiger partial charge is 0.312 e. The number of nitrogens with one attached hydrogen (secondary N) is 1. The van der Waals surface area contributed by atoms with Crippen LogP contribution < -0.4 is 5.32 Å². The summed E-state index contributed by atoms with van der Waals surface area (Å²) in [4.78, 5) is 0.290. The number of nitrogens with zero attached hydrogens (tertiary/aromatic N) is 2. The minimum Gasteiger partial charge on any atom is -0.312 e. The number of hydrogen-bond acceptors (Lipinski definition) is 4. The number of likely N-dealkylation sites (N-methyl/N-ethyl adjacent to an activating group) is 1. The predicted octanol–water partition coefficient (Wildman–Crippen LogP) is 2.02. The molecule has 0 radical (unpaired) electrons. The van der Waals surface area contributed by atoms with Gasteiger partial charge in [-0.2, -0.15) is 5.10 Å². The van der Waals surface area contributed by atoms with Gasteiger partial charge in [-0.15, -0.1) is 0 Å². The van der Waals surface area contributed by atoms with Crippen molar-refractivity contribution in [2.45, 2.75) is 57.0 Å². The van der Waals surface area contributed by atoms with Gasteiger partial charge in [0.1, 0.15) is 4.90 Å². The van der Waals surface area contributed by atoms with Gasteiger partial charge in [0.2, 0.25) is 0 Å². The van der Waals surface area contributed by atoms with Crippen molar-refractivity contribution in [1.29, 1.82) is 0 Å². The molecule has 0 aliphatic heterocycles. The van der Waals surface area contributed by atoms with E-state index in [-0.39, 0.29) is 10.9 Å². The highest BCUT2D eigenvalue weighted by Crippen LogP contribution is 2.21. The average molecular weight is 287 g/mol. The smallest absolute Gasteiger partial charge is 0.178 e. The third-order valence-corrected chi connectivity index (χ3v) is 4.36. The SMILES string of the molecule is CCCC(NCC)C(CC)n1cc(S(C)(=O)=O)cn1. The molecule has 110 valence electrons. The fraction of sp³-hybridized carbons (Fsp3) is 0.769. The molecule has 1 aromatic rings. The van der Waals surface area contributed by atoms with E-state index in [1.807, 2.05) is 0 Å². The number of rotatable bonds is 8. The normalized spacial score (nSPS) is 15.4. The molecular weight excluding hydrogens is 262 g/mol. The Hall–Kier alpha value is -0.880. The second-order valence-corrected chi connectivity index (χ2v) is 6.87. The van der Waals surface area contributed by atoms with Crippen molar-refractivity contribution in [1.82, 2.24) is 15.1 Å². The third-order valence-electron chi connectivity index (χ3n) is 3.29. The van der Waals surface area contributed by atoms with E-state index < -0.39 is 9.84 Å². The topological polar surface area (TPSA) is 64.0 Å². The first kappa shape index (κ1) is 16.2. The van der Waals surface area contributed by atoms with Gasteiger partial charge >= 0.3 is 0 Å². The van der Waals surface area contributed by atoms with Crippen LogP contribution in [0.1, 0.15) is 46.1 Å². The molecule has 1 aromatic heterocycles. The van der Waals surface area contributed by atoms with Gasteiger partial charge in [-0.1, -0.05) is 27.2 Å². The lowest BCUT2D eigenvalue weighted by atomic mass is 10.0. The first-order valence-electron chi connectivity index (χ1n) is 6.91. The van der Waals surface area contributed by atoms with Gasteiger partial charge in [-0.05, 0) is 19.4 Å². The zero-order valence-corrected chi connectivity index (χ0v) is 13.1. The quantitative estimate of drug-likeness (QED) is 0.794. The first-order valence-corrected chi connectivity index (χ1v) is 8.80. The summed E-state index contributed by atoms with van der Waals surface area (Å²) in [5.41, 5.74) is 0. The summed E-state index contributed by atoms with van der Waals surface area (Å²) in [5, 5.41) is 7.71. The predicted molar refractivity (Wildman–Crippen MR) is 77.0 cm³/mol. The van der Waals surface area contributed by atoms with Crippen LogP contribution in [0.2, 0.25) is 0 Å². The van der Waals surface area contributed by atoms with Crippen LogP contribution in [0.15, 0.2) is 17.3 Å². The molecule has 0 fully saturated rings. The van der Waals surface area contributed by atoms with Crippen LogP contribution in [0.4, 0.5) is 0 Å². The highest BCUT2D eigenvalue weighted by atomic mass is 32.2. The standard InChI is InChI=1S/C13H25N3O2S/c1-5-8-12(14-7-3)13(6-2)16-10-11(9-15-16)19(4,17)18/h9-10,12-14H,5-8H2,1-4H3. The van der Waals surface area contributed by atoms with E-state index in [4.69, 9.17) is 0 Å². The van der Waals surface area contributed by atoms with Crippen LogP contribution in [-0.2, 0) is 9.84 Å². The van der Waals surface area contributed by atoms with Crippen molar-refractivity contribution in [3.63, 3.8) is 0 Å². The number of hydrogen-bond donors (Lipinski definition) is 1. The zero-order chi connectivity index (χ0) is 14.5. The van der Waals surface area contributed by atoms with Crippen LogP contribution in [-0.4, -0.2) is 37.0 Å². The van der Waals surface area contributed by atoms with E-state index in [1.165, 1.54) is 12.5 Å². The zero-order valence-electron chi connectivity index (χ0n) is 12.3. The molecule has 0 aromatic carbocycles. The Balaban J connectivity index is 2.98. The monoisotopic (exact) mass is 287 g/mol. The average Bonchev–Trinajstić information content (AvgIpc) is 2.80. The molecule has 6 heteroatoms. The van der Waals surface area contributed by atoms with Crippen LogP contribution in [0.3, 0.4) is 0 Å². The van der Waals surface area contributed by atoms with Gasteiger partial charge in [0.15, 0.2) is 9.84 Å². The Kier molecular flexibility index (Phi) is 6.00. The van der Waals surface area contributed by atoms with Gasteiger partial charge < -0.3 is 5.32 Å². The number of sulfone groups is 1. The molecule has 1 N–H and O–H groups in total. The van der Waals surface area contributed by atoms with Crippen molar-refractivity contribution in [3.8, 4) is 0 Å². The highest BCUT2D eigenvalue weighted by molar-refractivity contribution is 7.90. The van der Waals surface area contributed by atoms with Crippen LogP contribution in [0, 0.1) is 0 Å². The van der Waals surface area contributed by atoms with Crippen LogP contribution in [0.25, 0.3) is 0 Å². The lowest BCUT2D eigenvalue weighted by Gasteiger charge is -2.27. The van der Waals surface area contributed by atoms with E-state index >= 15 is 0 Å². The summed E-state index contributed by atoms with van der Waals surface area (Å²) in [5.74, 6) is 0. The Morgan fingerprint density at radius 2 is 2.05 bits per heavy atom. The van der Waals surface area contributed by atoms with Crippen LogP contribution in [0.5, 0.6) is 0 Å². The molecule has 1 heterocycles. The second kappa shape index (κ2) is 7.05. The van der Waals surface area contributed by atoms with E-state index in [0.29, 0.717) is 6.04 Å². The van der Waals surface area contributed by atoms with Crippen molar-refractivity contribution >= 4 is 9.84 Å². The Morgan fingerprint density at radius 1 is 1.37 bits per heavy atom. The lowest BCUT2D eigenvalue weighted by Crippen LogP contribution is -2.37. The summed E-state index contributed by atoms with van der Waals surface area (Å²) in [6.45, 7) is 7.25. The molecule has 0 aliphatic rings. The molecule has 0 bridgehead atoms. The van der Waals surface area contributed by atoms with Crippen molar-refractivity contribution < 1.29 is 8.42 Å². The summed E-state index contributed by atoms with van der Waals surface area (Å²) >= 11 is 0. The van der Waals surface area contributed by atoms with E-state index in [0.717, 1.165) is 25.8 Å². The molecular formula is C13H25N3O2S. The van der Waals surface area contributed by atoms with Gasteiger partial charge in [-0.3, -0.25) is 4.68 Å². The minimum atomic E-state index is -3.18. The summed E-state index contributed by atoms with van der Waals surface area (Å²) in [6.07, 6.45) is 7.36. The molecule has 5 nitrogen and oxygen atoms in total. The molecule has 2 unspecified atom stereocenters. The van der Waals surface area contributed by atoms with Crippen LogP contribution >= 0.6 is 0 Å². The van der Waals surface area contributed by atoms with Gasteiger partial charge in [-0.25, -0.2) is 8.42 Å². The Morgan fingerprint density at radius 3 is 2.47 bits per heavy atom. The third kappa shape index (κ3) is 4.31. The molecule has 2 atom stereocenters. The molecule has 0 saturated carbocycles. The maximum absolute atomic E-state index is 11.5. The van der Waals surface area contributed by atoms with Crippen molar-refractivity contribution in [2.24, 2.45) is 0 Å². The van der Waals surface area contributed by atoms with E-state index in [2.05, 4.69) is 31.2 Å². The fourth-order valence-electron chi connectivity index (χ4n) is 2.35. The molecule has 1 rings (SSSR count). The molecule has 0 saturated heterocycles. The van der Waals surface area contributed by atoms with E-state index in [1.54, 1.807) is 10.9 Å². The first-order chi connectivity index (χ1) is 8.93. The van der Waals surface area contributed by atoms with Gasteiger partial charge in [0, 0.05) is 18.5 Å². The Labute approximate surface area is 116 Å². The maximum Gasteiger partial charge on any atom is 0.178 e. The maximum atomic E-state index is 11.5. The summed E-state index contributed by atoms with van der Waals surface area (Å²) in [6, 6.07) is 0.516. The molecule has 0 aliphatic carbocycles. The van der Waals surface area contributed by atoms with Gasteiger partial charge in [0.05, 0.1) is 12.2 Å².